The Kier molecular flexibility index (Phi) is 5.82. The van der Waals surface area contributed by atoms with Crippen molar-refractivity contribution in [3.05, 3.63) is 69.7 Å². The maximum atomic E-state index is 13.3. The molecule has 31 heavy (non-hydrogen) atoms. The summed E-state index contributed by atoms with van der Waals surface area (Å²) in [4.78, 5) is 12.6. The number of hydrogen-bond donors (Lipinski definition) is 1. The third-order valence-corrected chi connectivity index (χ3v) is 7.82. The van der Waals surface area contributed by atoms with Crippen molar-refractivity contribution in [3.63, 3.8) is 0 Å². The van der Waals surface area contributed by atoms with E-state index in [1.54, 1.807) is 18.2 Å². The second kappa shape index (κ2) is 8.40. The van der Waals surface area contributed by atoms with Crippen molar-refractivity contribution < 1.29 is 22.0 Å². The summed E-state index contributed by atoms with van der Waals surface area (Å²) in [5.74, 6) is -2.74. The minimum Gasteiger partial charge on any atom is -0.320 e. The number of hydrogen-bond acceptors (Lipinski definition) is 6. The summed E-state index contributed by atoms with van der Waals surface area (Å²) in [6, 6.07) is 9.16. The molecule has 0 unspecified atom stereocenters. The van der Waals surface area contributed by atoms with Crippen LogP contribution in [0.5, 0.6) is 0 Å². The summed E-state index contributed by atoms with van der Waals surface area (Å²) in [6.07, 6.45) is 1.22. The number of nitrogens with one attached hydrogen (secondary N) is 1. The van der Waals surface area contributed by atoms with E-state index in [-0.39, 0.29) is 15.6 Å². The normalized spacial score (nSPS) is 17.1. The molecule has 0 radical (unpaired) electrons. The van der Waals surface area contributed by atoms with Gasteiger partial charge in [0.15, 0.2) is 11.6 Å². The van der Waals surface area contributed by atoms with Crippen LogP contribution in [0.2, 0.25) is 0 Å². The molecule has 1 saturated heterocycles. The number of benzene rings is 2. The van der Waals surface area contributed by atoms with Crippen molar-refractivity contribution in [1.29, 1.82) is 0 Å². The van der Waals surface area contributed by atoms with Crippen molar-refractivity contribution in [2.45, 2.75) is 30.7 Å². The van der Waals surface area contributed by atoms with Gasteiger partial charge in [0, 0.05) is 18.3 Å². The number of amides is 1. The fourth-order valence-electron chi connectivity index (χ4n) is 3.41. The molecule has 2 aromatic carbocycles. The first kappa shape index (κ1) is 21.5. The molecule has 1 aromatic heterocycles. The van der Waals surface area contributed by atoms with E-state index in [1.807, 2.05) is 13.0 Å². The maximum absolute atomic E-state index is 13.3. The largest absolute Gasteiger partial charge is 0.320 e. The predicted octanol–water partition coefficient (Wildman–Crippen LogP) is 3.90. The van der Waals surface area contributed by atoms with E-state index < -0.39 is 33.6 Å². The highest BCUT2D eigenvalue weighted by Crippen LogP contribution is 2.37. The molecule has 1 aliphatic heterocycles. The number of carbonyl (C=O) groups excluding carboxylic acids is 1. The lowest BCUT2D eigenvalue weighted by Crippen LogP contribution is -2.30. The Morgan fingerprint density at radius 3 is 2.71 bits per heavy atom. The number of aromatic nitrogens is 2. The summed E-state index contributed by atoms with van der Waals surface area (Å²) in [7, 11) is -3.73. The third kappa shape index (κ3) is 4.34. The first-order valence-electron chi connectivity index (χ1n) is 9.44. The van der Waals surface area contributed by atoms with Gasteiger partial charge in [-0.05, 0) is 49.6 Å². The van der Waals surface area contributed by atoms with E-state index in [0.717, 1.165) is 29.0 Å². The van der Waals surface area contributed by atoms with Gasteiger partial charge in [-0.15, -0.1) is 10.2 Å². The van der Waals surface area contributed by atoms with E-state index in [1.165, 1.54) is 10.4 Å². The minimum atomic E-state index is -3.73. The summed E-state index contributed by atoms with van der Waals surface area (Å²) >= 11 is 0.975. The van der Waals surface area contributed by atoms with E-state index in [0.29, 0.717) is 24.4 Å². The lowest BCUT2D eigenvalue weighted by atomic mass is 10.2. The van der Waals surface area contributed by atoms with Crippen LogP contribution in [0.3, 0.4) is 0 Å². The number of carbonyl (C=O) groups is 1. The molecule has 0 aliphatic carbocycles. The van der Waals surface area contributed by atoms with Gasteiger partial charge in [0.2, 0.25) is 15.0 Å². The Bertz CT molecular complexity index is 1250. The van der Waals surface area contributed by atoms with Gasteiger partial charge >= 0.3 is 0 Å². The molecule has 7 nitrogen and oxygen atoms in total. The van der Waals surface area contributed by atoms with Crippen LogP contribution < -0.4 is 5.32 Å². The zero-order valence-corrected chi connectivity index (χ0v) is 18.0. The fourth-order valence-corrected chi connectivity index (χ4v) is 6.12. The first-order valence-corrected chi connectivity index (χ1v) is 11.7. The lowest BCUT2D eigenvalue weighted by molar-refractivity contribution is 0.102. The Morgan fingerprint density at radius 1 is 1.16 bits per heavy atom. The Balaban J connectivity index is 1.55. The summed E-state index contributed by atoms with van der Waals surface area (Å²) in [5, 5.41) is 10.7. The molecular formula is C20H18F2N4O3S2. The molecule has 11 heteroatoms. The zero-order chi connectivity index (χ0) is 22.2. The van der Waals surface area contributed by atoms with Crippen LogP contribution in [-0.4, -0.2) is 35.4 Å². The second-order valence-corrected chi connectivity index (χ2v) is 10.0. The van der Waals surface area contributed by atoms with Crippen LogP contribution >= 0.6 is 11.3 Å². The van der Waals surface area contributed by atoms with E-state index in [9.17, 15) is 22.0 Å². The molecule has 1 fully saturated rings. The first-order chi connectivity index (χ1) is 14.8. The van der Waals surface area contributed by atoms with Crippen LogP contribution in [0.1, 0.15) is 39.3 Å². The van der Waals surface area contributed by atoms with Gasteiger partial charge in [-0.2, -0.15) is 4.31 Å². The number of nitrogens with zero attached hydrogens (tertiary/aromatic N) is 3. The molecular weight excluding hydrogens is 446 g/mol. The predicted molar refractivity (Wildman–Crippen MR) is 111 cm³/mol. The van der Waals surface area contributed by atoms with Crippen LogP contribution in [-0.2, 0) is 10.0 Å². The molecule has 1 atom stereocenters. The monoisotopic (exact) mass is 464 g/mol. The SMILES string of the molecule is Cc1cccc(S(=O)(=O)N2CCC[C@H]2c2nnc(C(=O)Nc3ccc(F)c(F)c3)s2)c1. The van der Waals surface area contributed by atoms with E-state index in [2.05, 4.69) is 15.5 Å². The standard InChI is InChI=1S/C20H18F2N4O3S2/c1-12-4-2-5-14(10-12)31(28,29)26-9-3-6-17(26)19-24-25-20(30-19)18(27)23-13-7-8-15(21)16(22)11-13/h2,4-5,7-8,10-11,17H,3,6,9H2,1H3,(H,23,27)/t17-/m0/s1. The van der Waals surface area contributed by atoms with Crippen molar-refractivity contribution in [2.75, 3.05) is 11.9 Å². The lowest BCUT2D eigenvalue weighted by Gasteiger charge is -2.22. The Morgan fingerprint density at radius 2 is 1.97 bits per heavy atom. The van der Waals surface area contributed by atoms with Gasteiger partial charge in [-0.1, -0.05) is 23.5 Å². The van der Waals surface area contributed by atoms with Gasteiger partial charge in [0.05, 0.1) is 10.9 Å². The number of anilines is 1. The van der Waals surface area contributed by atoms with Crippen molar-refractivity contribution in [1.82, 2.24) is 14.5 Å². The summed E-state index contributed by atoms with van der Waals surface area (Å²) in [5.41, 5.74) is 0.911. The van der Waals surface area contributed by atoms with E-state index >= 15 is 0 Å². The number of sulfonamides is 1. The highest BCUT2D eigenvalue weighted by atomic mass is 32.2. The topological polar surface area (TPSA) is 92.3 Å². The van der Waals surface area contributed by atoms with Gasteiger partial charge < -0.3 is 5.32 Å². The van der Waals surface area contributed by atoms with E-state index in [4.69, 9.17) is 0 Å². The van der Waals surface area contributed by atoms with Gasteiger partial charge in [-0.3, -0.25) is 4.79 Å². The van der Waals surface area contributed by atoms with Crippen LogP contribution in [0, 0.1) is 18.6 Å². The molecule has 0 spiro atoms. The molecule has 3 aromatic rings. The molecule has 162 valence electrons. The zero-order valence-electron chi connectivity index (χ0n) is 16.4. The molecule has 0 bridgehead atoms. The molecule has 1 amide bonds. The average molecular weight is 465 g/mol. The molecule has 2 heterocycles. The maximum Gasteiger partial charge on any atom is 0.286 e. The highest BCUT2D eigenvalue weighted by Gasteiger charge is 2.38. The second-order valence-electron chi connectivity index (χ2n) is 7.12. The number of aryl methyl sites for hydroxylation is 1. The molecule has 1 N–H and O–H groups in total. The molecule has 1 aliphatic rings. The van der Waals surface area contributed by atoms with Gasteiger partial charge in [0.1, 0.15) is 5.01 Å². The van der Waals surface area contributed by atoms with Gasteiger partial charge in [-0.25, -0.2) is 17.2 Å². The smallest absolute Gasteiger partial charge is 0.286 e. The van der Waals surface area contributed by atoms with Crippen LogP contribution in [0.15, 0.2) is 47.4 Å². The van der Waals surface area contributed by atoms with Crippen LogP contribution in [0.25, 0.3) is 0 Å². The highest BCUT2D eigenvalue weighted by molar-refractivity contribution is 7.89. The number of halogens is 2. The summed E-state index contributed by atoms with van der Waals surface area (Å²) in [6.45, 7) is 2.17. The Labute approximate surface area is 181 Å². The quantitative estimate of drug-likeness (QED) is 0.618. The van der Waals surface area contributed by atoms with Crippen molar-refractivity contribution in [2.24, 2.45) is 0 Å². The van der Waals surface area contributed by atoms with Crippen LogP contribution in [0.4, 0.5) is 14.5 Å². The third-order valence-electron chi connectivity index (χ3n) is 4.90. The molecule has 4 rings (SSSR count). The molecule has 0 saturated carbocycles. The fraction of sp³-hybridized carbons (Fsp3) is 0.250. The minimum absolute atomic E-state index is 0.000429. The average Bonchev–Trinajstić information content (AvgIpc) is 3.40. The van der Waals surface area contributed by atoms with Gasteiger partial charge in [0.25, 0.3) is 5.91 Å². The Hall–Kier alpha value is -2.76. The summed E-state index contributed by atoms with van der Waals surface area (Å²) < 4.78 is 54.1. The number of rotatable bonds is 5. The van der Waals surface area contributed by atoms with Crippen molar-refractivity contribution in [3.8, 4) is 0 Å². The van der Waals surface area contributed by atoms with Crippen molar-refractivity contribution >= 4 is 33.0 Å².